The number of nitrogens with zero attached hydrogens (tertiary/aromatic N) is 5. The first-order chi connectivity index (χ1) is 13.5. The first kappa shape index (κ1) is 20.4. The van der Waals surface area contributed by atoms with Crippen LogP contribution in [-0.4, -0.2) is 38.8 Å². The maximum absolute atomic E-state index is 5.82. The van der Waals surface area contributed by atoms with Crippen molar-refractivity contribution in [2.75, 3.05) is 13.1 Å². The molecule has 0 bridgehead atoms. The van der Waals surface area contributed by atoms with E-state index in [4.69, 9.17) is 4.42 Å². The van der Waals surface area contributed by atoms with Crippen molar-refractivity contribution in [3.63, 3.8) is 0 Å². The van der Waals surface area contributed by atoms with Crippen LogP contribution >= 0.6 is 0 Å². The molecule has 0 unspecified atom stereocenters. The molecule has 8 heteroatoms. The second kappa shape index (κ2) is 9.21. The molecule has 0 amide bonds. The number of oxazole rings is 1. The molecule has 0 saturated heterocycles. The molecular formula is C20H33N7O. The predicted octanol–water partition coefficient (Wildman–Crippen LogP) is 2.59. The topological polar surface area (TPSA) is 93.2 Å². The summed E-state index contributed by atoms with van der Waals surface area (Å²) in [6.07, 6.45) is 7.35. The lowest BCUT2D eigenvalue weighted by Gasteiger charge is -2.13. The molecule has 8 nitrogen and oxygen atoms in total. The van der Waals surface area contributed by atoms with Crippen molar-refractivity contribution >= 4 is 5.96 Å². The summed E-state index contributed by atoms with van der Waals surface area (Å²) in [5.74, 6) is 4.45. The average Bonchev–Trinajstić information content (AvgIpc) is 3.21. The third-order valence-electron chi connectivity index (χ3n) is 4.84. The van der Waals surface area contributed by atoms with Gasteiger partial charge in [-0.25, -0.2) is 9.98 Å². The molecule has 2 aromatic heterocycles. The number of hydrogen-bond donors (Lipinski definition) is 2. The third-order valence-corrected chi connectivity index (χ3v) is 4.84. The van der Waals surface area contributed by atoms with Gasteiger partial charge >= 0.3 is 0 Å². The Labute approximate surface area is 167 Å². The van der Waals surface area contributed by atoms with Crippen LogP contribution in [0.15, 0.2) is 15.6 Å². The van der Waals surface area contributed by atoms with Gasteiger partial charge in [-0.05, 0) is 19.8 Å². The Morgan fingerprint density at radius 3 is 2.82 bits per heavy atom. The van der Waals surface area contributed by atoms with Gasteiger partial charge in [-0.3, -0.25) is 0 Å². The Bertz CT molecular complexity index is 785. The number of aryl methyl sites for hydroxylation is 1. The molecule has 0 fully saturated rings. The Kier molecular flexibility index (Phi) is 6.70. The van der Waals surface area contributed by atoms with Crippen molar-refractivity contribution in [1.29, 1.82) is 0 Å². The van der Waals surface area contributed by atoms with Crippen LogP contribution < -0.4 is 10.6 Å². The zero-order chi connectivity index (χ0) is 20.0. The van der Waals surface area contributed by atoms with E-state index in [1.165, 1.54) is 19.3 Å². The molecule has 3 rings (SSSR count). The molecule has 0 radical (unpaired) electrons. The second-order valence-electron chi connectivity index (χ2n) is 8.23. The van der Waals surface area contributed by atoms with Gasteiger partial charge in [-0.1, -0.05) is 27.2 Å². The monoisotopic (exact) mass is 387 g/mol. The summed E-state index contributed by atoms with van der Waals surface area (Å²) in [6.45, 7) is 11.4. The predicted molar refractivity (Wildman–Crippen MR) is 109 cm³/mol. The van der Waals surface area contributed by atoms with Crippen LogP contribution in [0.1, 0.15) is 70.3 Å². The highest BCUT2D eigenvalue weighted by Crippen LogP contribution is 2.22. The lowest BCUT2D eigenvalue weighted by Crippen LogP contribution is -2.38. The fourth-order valence-electron chi connectivity index (χ4n) is 3.24. The Morgan fingerprint density at radius 2 is 2.07 bits per heavy atom. The Morgan fingerprint density at radius 1 is 1.21 bits per heavy atom. The zero-order valence-corrected chi connectivity index (χ0v) is 17.6. The van der Waals surface area contributed by atoms with Crippen LogP contribution in [-0.2, 0) is 31.3 Å². The van der Waals surface area contributed by atoms with E-state index in [1.54, 1.807) is 6.20 Å². The molecule has 28 heavy (non-hydrogen) atoms. The van der Waals surface area contributed by atoms with Gasteiger partial charge in [0.15, 0.2) is 5.96 Å². The fourth-order valence-corrected chi connectivity index (χ4v) is 3.24. The lowest BCUT2D eigenvalue weighted by atomic mass is 9.94. The molecule has 2 N–H and O–H groups in total. The second-order valence-corrected chi connectivity index (χ2v) is 8.23. The molecular weight excluding hydrogens is 354 g/mol. The molecule has 2 aromatic rings. The number of rotatable bonds is 6. The SMILES string of the molecule is CCNC(=NCc1ncc(C(C)(C)C)o1)NCCc1nnc2n1CCCCC2. The van der Waals surface area contributed by atoms with E-state index in [2.05, 4.69) is 63.1 Å². The van der Waals surface area contributed by atoms with E-state index in [0.29, 0.717) is 12.4 Å². The Balaban J connectivity index is 1.55. The van der Waals surface area contributed by atoms with Gasteiger partial charge in [0.2, 0.25) is 5.89 Å². The maximum atomic E-state index is 5.82. The first-order valence-electron chi connectivity index (χ1n) is 10.4. The van der Waals surface area contributed by atoms with Crippen molar-refractivity contribution < 1.29 is 4.42 Å². The van der Waals surface area contributed by atoms with Gasteiger partial charge in [-0.15, -0.1) is 10.2 Å². The molecule has 0 atom stereocenters. The maximum Gasteiger partial charge on any atom is 0.216 e. The van der Waals surface area contributed by atoms with Gasteiger partial charge in [0.05, 0.1) is 6.20 Å². The van der Waals surface area contributed by atoms with E-state index >= 15 is 0 Å². The summed E-state index contributed by atoms with van der Waals surface area (Å²) < 4.78 is 8.11. The minimum absolute atomic E-state index is 0.0476. The molecule has 0 aliphatic carbocycles. The summed E-state index contributed by atoms with van der Waals surface area (Å²) >= 11 is 0. The van der Waals surface area contributed by atoms with Crippen molar-refractivity contribution in [3.8, 4) is 0 Å². The van der Waals surface area contributed by atoms with Gasteiger partial charge in [0.1, 0.15) is 24.0 Å². The van der Waals surface area contributed by atoms with E-state index in [-0.39, 0.29) is 5.41 Å². The number of fused-ring (bicyclic) bond motifs is 1. The van der Waals surface area contributed by atoms with Gasteiger partial charge in [0.25, 0.3) is 0 Å². The summed E-state index contributed by atoms with van der Waals surface area (Å²) in [6, 6.07) is 0. The van der Waals surface area contributed by atoms with Gasteiger partial charge < -0.3 is 19.6 Å². The number of nitrogens with one attached hydrogen (secondary N) is 2. The minimum atomic E-state index is -0.0476. The molecule has 0 aromatic carbocycles. The average molecular weight is 388 g/mol. The molecule has 1 aliphatic heterocycles. The minimum Gasteiger partial charge on any atom is -0.443 e. The summed E-state index contributed by atoms with van der Waals surface area (Å²) in [7, 11) is 0. The van der Waals surface area contributed by atoms with Gasteiger partial charge in [-0.2, -0.15) is 0 Å². The van der Waals surface area contributed by atoms with E-state index in [9.17, 15) is 0 Å². The first-order valence-corrected chi connectivity index (χ1v) is 10.4. The summed E-state index contributed by atoms with van der Waals surface area (Å²) in [5, 5.41) is 15.4. The highest BCUT2D eigenvalue weighted by molar-refractivity contribution is 5.79. The van der Waals surface area contributed by atoms with Crippen LogP contribution in [0.25, 0.3) is 0 Å². The van der Waals surface area contributed by atoms with Crippen molar-refractivity contribution in [3.05, 3.63) is 29.5 Å². The van der Waals surface area contributed by atoms with Crippen LogP contribution in [0, 0.1) is 0 Å². The van der Waals surface area contributed by atoms with Crippen LogP contribution in [0.4, 0.5) is 0 Å². The zero-order valence-electron chi connectivity index (χ0n) is 17.6. The number of hydrogen-bond acceptors (Lipinski definition) is 5. The third kappa shape index (κ3) is 5.33. The van der Waals surface area contributed by atoms with Crippen molar-refractivity contribution in [1.82, 2.24) is 30.4 Å². The van der Waals surface area contributed by atoms with E-state index < -0.39 is 0 Å². The Hall–Kier alpha value is -2.38. The van der Waals surface area contributed by atoms with Crippen molar-refractivity contribution in [2.45, 2.75) is 78.3 Å². The molecule has 1 aliphatic rings. The lowest BCUT2D eigenvalue weighted by molar-refractivity contribution is 0.383. The van der Waals surface area contributed by atoms with Crippen LogP contribution in [0.5, 0.6) is 0 Å². The van der Waals surface area contributed by atoms with Crippen molar-refractivity contribution in [2.24, 2.45) is 4.99 Å². The fraction of sp³-hybridized carbons (Fsp3) is 0.700. The molecule has 0 saturated carbocycles. The standard InChI is InChI=1S/C20H33N7O/c1-5-21-19(24-14-18-23-13-15(28-18)20(2,3)4)22-11-10-17-26-25-16-9-7-6-8-12-27(16)17/h13H,5-12,14H2,1-4H3,(H2,21,22,24). The van der Waals surface area contributed by atoms with Gasteiger partial charge in [0, 0.05) is 37.9 Å². The summed E-state index contributed by atoms with van der Waals surface area (Å²) in [5.41, 5.74) is -0.0476. The largest absolute Gasteiger partial charge is 0.443 e. The molecule has 0 spiro atoms. The van der Waals surface area contributed by atoms with E-state index in [0.717, 1.165) is 55.8 Å². The number of guanidine groups is 1. The highest BCUT2D eigenvalue weighted by atomic mass is 16.4. The van der Waals surface area contributed by atoms with Crippen LogP contribution in [0.2, 0.25) is 0 Å². The number of aliphatic imine (C=N–C) groups is 1. The van der Waals surface area contributed by atoms with Crippen LogP contribution in [0.3, 0.4) is 0 Å². The van der Waals surface area contributed by atoms with E-state index in [1.807, 2.05) is 0 Å². The molecule has 3 heterocycles. The summed E-state index contributed by atoms with van der Waals surface area (Å²) in [4.78, 5) is 8.94. The quantitative estimate of drug-likeness (QED) is 0.585. The normalized spacial score (nSPS) is 15.2. The molecule has 154 valence electrons. The highest BCUT2D eigenvalue weighted by Gasteiger charge is 2.19. The number of aromatic nitrogens is 4. The smallest absolute Gasteiger partial charge is 0.216 e.